The molecule has 54 heavy (non-hydrogen) atoms. The van der Waals surface area contributed by atoms with Crippen molar-refractivity contribution in [3.8, 4) is 62.9 Å². The molecule has 0 bridgehead atoms. The molecule has 0 saturated carbocycles. The van der Waals surface area contributed by atoms with Crippen LogP contribution in [0, 0.1) is 0 Å². The zero-order chi connectivity index (χ0) is 38.4. The summed E-state index contributed by atoms with van der Waals surface area (Å²) in [5.41, 5.74) is -2.70. The molecule has 6 aromatic rings. The minimum absolute atomic E-state index is 0.0299. The number of benzene rings is 3. The Kier molecular flexibility index (Phi) is 8.59. The van der Waals surface area contributed by atoms with Crippen LogP contribution in [-0.4, -0.2) is 40.9 Å². The summed E-state index contributed by atoms with van der Waals surface area (Å²) in [5.74, 6) is -5.39. The van der Waals surface area contributed by atoms with E-state index in [9.17, 15) is 55.2 Å². The highest BCUT2D eigenvalue weighted by atomic mass is 16.5. The van der Waals surface area contributed by atoms with Crippen LogP contribution in [-0.2, 0) is 0 Å². The van der Waals surface area contributed by atoms with Crippen LogP contribution in [0.1, 0.15) is 51.6 Å². The monoisotopic (exact) mass is 734 g/mol. The molecule has 7 rings (SSSR count). The van der Waals surface area contributed by atoms with Crippen LogP contribution < -0.4 is 21.6 Å². The van der Waals surface area contributed by atoms with Crippen molar-refractivity contribution < 1.29 is 58.8 Å². The minimum Gasteiger partial charge on any atom is -0.508 e. The maximum absolute atomic E-state index is 13.5. The van der Waals surface area contributed by atoms with Crippen molar-refractivity contribution in [3.63, 3.8) is 0 Å². The van der Waals surface area contributed by atoms with E-state index in [1.807, 2.05) is 0 Å². The Labute approximate surface area is 301 Å². The molecule has 0 spiro atoms. The van der Waals surface area contributed by atoms with E-state index >= 15 is 0 Å². The standard InChI is InChI=1S/C39H26O15/c40-20-12-31(53-33(48)13-20)35-36-32(54-37(35)19-4-8-25(42)27(44)11-19)15-22(52-39(36)50)6-3-18-10-28(45)29(46)16-23(18)34-30(47)14-21(51-38(34)49)5-1-17-2-7-24(41)26(43)9-17/h1-16,35,37,40-47H/b5-1+,6-3+/t35-,37+/m0/s1. The van der Waals surface area contributed by atoms with Gasteiger partial charge in [-0.2, -0.15) is 0 Å². The second kappa shape index (κ2) is 13.4. The van der Waals surface area contributed by atoms with E-state index in [0.29, 0.717) is 5.56 Å². The van der Waals surface area contributed by atoms with E-state index in [2.05, 4.69) is 0 Å². The van der Waals surface area contributed by atoms with Gasteiger partial charge in [-0.3, -0.25) is 0 Å². The lowest BCUT2D eigenvalue weighted by Crippen LogP contribution is -2.17. The predicted octanol–water partition coefficient (Wildman–Crippen LogP) is 5.46. The molecule has 0 aliphatic carbocycles. The molecule has 272 valence electrons. The molecule has 15 nitrogen and oxygen atoms in total. The summed E-state index contributed by atoms with van der Waals surface area (Å²) in [4.78, 5) is 38.9. The third kappa shape index (κ3) is 6.55. The van der Waals surface area contributed by atoms with Gasteiger partial charge in [0.25, 0.3) is 0 Å². The molecule has 3 aromatic carbocycles. The van der Waals surface area contributed by atoms with Crippen molar-refractivity contribution in [1.82, 2.24) is 0 Å². The first-order valence-electron chi connectivity index (χ1n) is 15.8. The lowest BCUT2D eigenvalue weighted by atomic mass is 9.89. The normalized spacial score (nSPS) is 15.1. The third-order valence-corrected chi connectivity index (χ3v) is 8.48. The number of phenolic OH excluding ortho intramolecular Hbond substituents is 6. The maximum atomic E-state index is 13.5. The molecular weight excluding hydrogens is 708 g/mol. The molecule has 15 heteroatoms. The lowest BCUT2D eigenvalue weighted by Gasteiger charge is -2.18. The number of aromatic hydroxyl groups is 8. The largest absolute Gasteiger partial charge is 0.508 e. The highest BCUT2D eigenvalue weighted by molar-refractivity contribution is 5.85. The van der Waals surface area contributed by atoms with Crippen molar-refractivity contribution >= 4 is 24.3 Å². The average Bonchev–Trinajstić information content (AvgIpc) is 3.50. The highest BCUT2D eigenvalue weighted by Gasteiger charge is 2.42. The Bertz CT molecular complexity index is 2720. The predicted molar refractivity (Wildman–Crippen MR) is 190 cm³/mol. The molecule has 0 amide bonds. The van der Waals surface area contributed by atoms with Crippen LogP contribution in [0.15, 0.2) is 100 Å². The van der Waals surface area contributed by atoms with Crippen molar-refractivity contribution in [2.24, 2.45) is 0 Å². The fraction of sp³-hybridized carbons (Fsp3) is 0.0513. The van der Waals surface area contributed by atoms with Crippen LogP contribution in [0.25, 0.3) is 35.4 Å². The van der Waals surface area contributed by atoms with E-state index in [4.69, 9.17) is 18.0 Å². The van der Waals surface area contributed by atoms with Gasteiger partial charge >= 0.3 is 16.9 Å². The highest BCUT2D eigenvalue weighted by Crippen LogP contribution is 2.49. The van der Waals surface area contributed by atoms with Crippen molar-refractivity contribution in [1.29, 1.82) is 0 Å². The first-order chi connectivity index (χ1) is 25.7. The number of hydrogen-bond acceptors (Lipinski definition) is 15. The van der Waals surface area contributed by atoms with E-state index in [1.54, 1.807) is 0 Å². The Hall–Kier alpha value is -7.81. The van der Waals surface area contributed by atoms with Gasteiger partial charge in [-0.15, -0.1) is 0 Å². The summed E-state index contributed by atoms with van der Waals surface area (Å²) in [6.45, 7) is 0. The Balaban J connectivity index is 1.26. The van der Waals surface area contributed by atoms with Crippen LogP contribution in [0.4, 0.5) is 0 Å². The minimum atomic E-state index is -1.16. The molecule has 3 aromatic heterocycles. The second-order valence-electron chi connectivity index (χ2n) is 12.1. The molecule has 1 aliphatic rings. The van der Waals surface area contributed by atoms with Gasteiger partial charge in [0.05, 0.1) is 17.5 Å². The fourth-order valence-electron chi connectivity index (χ4n) is 5.99. The van der Waals surface area contributed by atoms with Gasteiger partial charge in [0.15, 0.2) is 34.5 Å². The Morgan fingerprint density at radius 1 is 0.537 bits per heavy atom. The van der Waals surface area contributed by atoms with Crippen LogP contribution in [0.2, 0.25) is 0 Å². The molecule has 4 heterocycles. The molecular formula is C39H26O15. The number of fused-ring (bicyclic) bond motifs is 1. The summed E-state index contributed by atoms with van der Waals surface area (Å²) in [7, 11) is 0. The summed E-state index contributed by atoms with van der Waals surface area (Å²) in [5, 5.41) is 81.0. The number of rotatable bonds is 7. The van der Waals surface area contributed by atoms with Gasteiger partial charge in [-0.05, 0) is 65.2 Å². The quantitative estimate of drug-likeness (QED) is 0.0946. The van der Waals surface area contributed by atoms with Crippen LogP contribution >= 0.6 is 0 Å². The van der Waals surface area contributed by atoms with Crippen LogP contribution in [0.3, 0.4) is 0 Å². The van der Waals surface area contributed by atoms with Crippen LogP contribution in [0.5, 0.6) is 51.7 Å². The zero-order valence-corrected chi connectivity index (χ0v) is 27.3. The molecule has 8 N–H and O–H groups in total. The van der Waals surface area contributed by atoms with Crippen molar-refractivity contribution in [2.75, 3.05) is 0 Å². The summed E-state index contributed by atoms with van der Waals surface area (Å²) in [6.07, 6.45) is 4.24. The van der Waals surface area contributed by atoms with Gasteiger partial charge in [0.1, 0.15) is 46.2 Å². The summed E-state index contributed by atoms with van der Waals surface area (Å²) < 4.78 is 22.3. The van der Waals surface area contributed by atoms with Gasteiger partial charge in [-0.1, -0.05) is 24.3 Å². The lowest BCUT2D eigenvalue weighted by molar-refractivity contribution is 0.208. The second-order valence-corrected chi connectivity index (χ2v) is 12.1. The first-order valence-corrected chi connectivity index (χ1v) is 15.8. The maximum Gasteiger partial charge on any atom is 0.347 e. The molecule has 0 fully saturated rings. The van der Waals surface area contributed by atoms with Crippen molar-refractivity contribution in [2.45, 2.75) is 12.0 Å². The van der Waals surface area contributed by atoms with E-state index in [1.165, 1.54) is 66.8 Å². The zero-order valence-electron chi connectivity index (χ0n) is 27.3. The summed E-state index contributed by atoms with van der Waals surface area (Å²) in [6, 6.07) is 14.3. The molecule has 0 saturated heterocycles. The van der Waals surface area contributed by atoms with Gasteiger partial charge < -0.3 is 58.8 Å². The number of phenols is 6. The Morgan fingerprint density at radius 2 is 1.19 bits per heavy atom. The fourth-order valence-corrected chi connectivity index (χ4v) is 5.99. The third-order valence-electron chi connectivity index (χ3n) is 8.48. The summed E-state index contributed by atoms with van der Waals surface area (Å²) >= 11 is 0. The van der Waals surface area contributed by atoms with Gasteiger partial charge in [0.2, 0.25) is 0 Å². The van der Waals surface area contributed by atoms with E-state index in [-0.39, 0.29) is 56.8 Å². The molecule has 1 aliphatic heterocycles. The first kappa shape index (κ1) is 34.6. The molecule has 2 atom stereocenters. The Morgan fingerprint density at radius 3 is 1.89 bits per heavy atom. The number of hydrogen-bond donors (Lipinski definition) is 8. The van der Waals surface area contributed by atoms with Gasteiger partial charge in [0, 0.05) is 23.8 Å². The van der Waals surface area contributed by atoms with Crippen molar-refractivity contribution in [3.05, 3.63) is 144 Å². The van der Waals surface area contributed by atoms with E-state index in [0.717, 1.165) is 30.3 Å². The number of ether oxygens (including phenoxy) is 1. The van der Waals surface area contributed by atoms with E-state index < -0.39 is 69.0 Å². The molecule has 0 unspecified atom stereocenters. The SMILES string of the molecule is O=c1cc(O)cc([C@H]2c3c(cc(/C=C/c4cc(O)c(O)cc4-c4c(O)cc(/C=C/c5ccc(O)c(O)c5)oc4=O)oc3=O)O[C@@H]2c2ccc(O)c(O)c2)o1. The topological polar surface area (TPSA) is 262 Å². The average molecular weight is 735 g/mol. The smallest absolute Gasteiger partial charge is 0.347 e. The molecule has 0 radical (unpaired) electrons. The van der Waals surface area contributed by atoms with Gasteiger partial charge in [-0.25, -0.2) is 14.4 Å².